The van der Waals surface area contributed by atoms with E-state index in [1.54, 1.807) is 48.5 Å². The first-order valence-corrected chi connectivity index (χ1v) is 19.3. The molecule has 290 valence electrons. The normalized spacial score (nSPS) is 24.4. The number of allylic oxidation sites excluding steroid dienone is 3. The Morgan fingerprint density at radius 1 is 0.889 bits per heavy atom. The van der Waals surface area contributed by atoms with Crippen molar-refractivity contribution >= 4 is 45.4 Å². The Balaban J connectivity index is 1.43. The van der Waals surface area contributed by atoms with E-state index in [4.69, 9.17) is 11.1 Å². The number of nitrogens with one attached hydrogen (secondary N) is 6. The number of anilines is 1. The molecule has 7 aliphatic rings. The molecule has 9 rings (SSSR count). The SMILES string of the molecule is CC1CC2=CC=C1NC(=O)CN1CCN(CC1)CC(=O)Nc1ccc(cc1)CC(NS(=O)(=O)N(C)C)C(=O)NC(C(=O)NCc1ccc(C(=N)N)cc1)C2. The number of amidine groups is 1. The predicted molar refractivity (Wildman–Crippen MR) is 205 cm³/mol. The first kappa shape index (κ1) is 40.2. The highest BCUT2D eigenvalue weighted by Crippen LogP contribution is 2.26. The van der Waals surface area contributed by atoms with Gasteiger partial charge < -0.3 is 27.0 Å². The van der Waals surface area contributed by atoms with Crippen LogP contribution in [0.1, 0.15) is 36.5 Å². The van der Waals surface area contributed by atoms with Crippen LogP contribution in [0.15, 0.2) is 72.0 Å². The Bertz CT molecular complexity index is 1890. The van der Waals surface area contributed by atoms with Crippen molar-refractivity contribution in [3.05, 3.63) is 88.6 Å². The number of carbonyl (C=O) groups excluding carboxylic acids is 4. The number of rotatable bonds is 7. The third-order valence-electron chi connectivity index (χ3n) is 9.68. The molecule has 0 spiro atoms. The van der Waals surface area contributed by atoms with Crippen LogP contribution in [-0.4, -0.2) is 117 Å². The van der Waals surface area contributed by atoms with Crippen molar-refractivity contribution < 1.29 is 27.6 Å². The lowest BCUT2D eigenvalue weighted by molar-refractivity contribution is -0.129. The number of nitrogens with zero attached hydrogens (tertiary/aromatic N) is 3. The monoisotopic (exact) mass is 762 g/mol. The average Bonchev–Trinajstić information content (AvgIpc) is 3.12. The summed E-state index contributed by atoms with van der Waals surface area (Å²) in [5, 5.41) is 19.2. The Labute approximate surface area is 316 Å². The maximum absolute atomic E-state index is 14.0. The lowest BCUT2D eigenvalue weighted by Crippen LogP contribution is -2.55. The molecule has 0 aromatic heterocycles. The summed E-state index contributed by atoms with van der Waals surface area (Å²) >= 11 is 0. The molecule has 6 bridgehead atoms. The van der Waals surface area contributed by atoms with E-state index >= 15 is 0 Å². The minimum atomic E-state index is -4.08. The second kappa shape index (κ2) is 17.9. The molecule has 2 aromatic carbocycles. The molecule has 0 radical (unpaired) electrons. The Kier molecular flexibility index (Phi) is 13.4. The van der Waals surface area contributed by atoms with Crippen molar-refractivity contribution in [3.8, 4) is 0 Å². The van der Waals surface area contributed by atoms with Gasteiger partial charge in [0.15, 0.2) is 0 Å². The molecule has 6 aliphatic heterocycles. The Morgan fingerprint density at radius 3 is 2.07 bits per heavy atom. The van der Waals surface area contributed by atoms with E-state index in [0.29, 0.717) is 49.4 Å². The fourth-order valence-electron chi connectivity index (χ4n) is 6.46. The van der Waals surface area contributed by atoms with E-state index in [1.807, 2.05) is 24.0 Å². The van der Waals surface area contributed by atoms with E-state index in [1.165, 1.54) is 14.1 Å². The van der Waals surface area contributed by atoms with Crippen LogP contribution in [0, 0.1) is 11.3 Å². The third kappa shape index (κ3) is 11.3. The highest BCUT2D eigenvalue weighted by Gasteiger charge is 2.31. The van der Waals surface area contributed by atoms with Crippen LogP contribution < -0.4 is 31.7 Å². The topological polar surface area (TPSA) is 222 Å². The number of nitrogens with two attached hydrogens (primary N) is 1. The van der Waals surface area contributed by atoms with Gasteiger partial charge in [0.25, 0.3) is 10.2 Å². The molecule has 3 unspecified atom stereocenters. The molecule has 4 amide bonds. The summed E-state index contributed by atoms with van der Waals surface area (Å²) in [6.45, 7) is 5.08. The molecule has 54 heavy (non-hydrogen) atoms. The van der Waals surface area contributed by atoms with Gasteiger partial charge in [-0.1, -0.05) is 55.0 Å². The first-order chi connectivity index (χ1) is 25.6. The molecule has 2 aromatic rings. The van der Waals surface area contributed by atoms with Crippen LogP contribution in [0.4, 0.5) is 5.69 Å². The van der Waals surface area contributed by atoms with Crippen LogP contribution in [0.25, 0.3) is 0 Å². The van der Waals surface area contributed by atoms with Crippen LogP contribution in [-0.2, 0) is 42.4 Å². The van der Waals surface area contributed by atoms with Gasteiger partial charge in [0.2, 0.25) is 23.6 Å². The zero-order valence-electron chi connectivity index (χ0n) is 30.9. The van der Waals surface area contributed by atoms with Gasteiger partial charge in [-0.3, -0.25) is 34.4 Å². The summed E-state index contributed by atoms with van der Waals surface area (Å²) in [5.41, 5.74) is 9.64. The van der Waals surface area contributed by atoms with Crippen molar-refractivity contribution in [2.24, 2.45) is 11.7 Å². The largest absolute Gasteiger partial charge is 0.384 e. The molecule has 1 aliphatic carbocycles. The molecule has 8 N–H and O–H groups in total. The van der Waals surface area contributed by atoms with Gasteiger partial charge in [-0.15, -0.1) is 0 Å². The molecule has 1 fully saturated rings. The van der Waals surface area contributed by atoms with Crippen molar-refractivity contribution in [1.82, 2.24) is 34.8 Å². The van der Waals surface area contributed by atoms with Crippen molar-refractivity contribution in [2.45, 2.75) is 44.8 Å². The minimum absolute atomic E-state index is 0.0419. The van der Waals surface area contributed by atoms with E-state index in [9.17, 15) is 27.6 Å². The van der Waals surface area contributed by atoms with Crippen LogP contribution in [0.2, 0.25) is 0 Å². The summed E-state index contributed by atoms with van der Waals surface area (Å²) in [6, 6.07) is 11.3. The number of piperazine rings is 1. The second-order valence-corrected chi connectivity index (χ2v) is 16.1. The van der Waals surface area contributed by atoms with Crippen LogP contribution in [0.3, 0.4) is 0 Å². The van der Waals surface area contributed by atoms with E-state index in [2.05, 4.69) is 30.9 Å². The summed E-state index contributed by atoms with van der Waals surface area (Å²) in [4.78, 5) is 57.9. The van der Waals surface area contributed by atoms with Gasteiger partial charge in [0, 0.05) is 63.8 Å². The minimum Gasteiger partial charge on any atom is -0.384 e. The van der Waals surface area contributed by atoms with Gasteiger partial charge >= 0.3 is 0 Å². The maximum atomic E-state index is 14.0. The summed E-state index contributed by atoms with van der Waals surface area (Å²) in [7, 11) is -1.39. The number of carbonyl (C=O) groups is 4. The van der Waals surface area contributed by atoms with Gasteiger partial charge in [-0.2, -0.15) is 17.4 Å². The summed E-state index contributed by atoms with van der Waals surface area (Å²) in [5.74, 6) is -1.68. The number of hydrogen-bond acceptors (Lipinski definition) is 9. The van der Waals surface area contributed by atoms with Gasteiger partial charge in [0.05, 0.1) is 13.1 Å². The maximum Gasteiger partial charge on any atom is 0.279 e. The van der Waals surface area contributed by atoms with E-state index in [-0.39, 0.29) is 56.0 Å². The molecule has 0 saturated carbocycles. The van der Waals surface area contributed by atoms with Crippen LogP contribution >= 0.6 is 0 Å². The zero-order chi connectivity index (χ0) is 39.0. The molecule has 17 heteroatoms. The highest BCUT2D eigenvalue weighted by atomic mass is 32.2. The molecular weight excluding hydrogens is 713 g/mol. The number of amides is 4. The molecule has 16 nitrogen and oxygen atoms in total. The standard InChI is InChI=1S/C37H50N10O6S/c1-24-18-27-8-13-30(24)42-34(49)23-47-16-14-46(15-17-47)22-33(48)41-29-11-6-25(7-12-29)19-32(44-54(52,53)45(2)3)37(51)43-31(20-27)36(50)40-21-26-4-9-28(10-5-26)35(38)39/h4-13,24,31-32,44H,14-23H2,1-3H3,(H3,38,39)(H,40,50)(H,41,48)(H,42,49)(H,43,51). The predicted octanol–water partition coefficient (Wildman–Crippen LogP) is 0.00507. The van der Waals surface area contributed by atoms with Crippen molar-refractivity contribution in [3.63, 3.8) is 0 Å². The second-order valence-electron chi connectivity index (χ2n) is 14.2. The van der Waals surface area contributed by atoms with E-state index < -0.39 is 34.1 Å². The lowest BCUT2D eigenvalue weighted by Gasteiger charge is -2.34. The fraction of sp³-hybridized carbons (Fsp3) is 0.432. The summed E-state index contributed by atoms with van der Waals surface area (Å²) in [6.07, 6.45) is 4.27. The number of fused-ring (bicyclic) bond motifs is 1. The van der Waals surface area contributed by atoms with E-state index in [0.717, 1.165) is 21.1 Å². The summed E-state index contributed by atoms with van der Waals surface area (Å²) < 4.78 is 29.5. The lowest BCUT2D eigenvalue weighted by atomic mass is 9.88. The highest BCUT2D eigenvalue weighted by molar-refractivity contribution is 7.87. The Morgan fingerprint density at radius 2 is 1.50 bits per heavy atom. The number of benzene rings is 2. The quantitative estimate of drug-likeness (QED) is 0.149. The van der Waals surface area contributed by atoms with Crippen LogP contribution in [0.5, 0.6) is 0 Å². The first-order valence-electron chi connectivity index (χ1n) is 17.9. The third-order valence-corrected chi connectivity index (χ3v) is 11.2. The van der Waals surface area contributed by atoms with Crippen molar-refractivity contribution in [2.75, 3.05) is 58.7 Å². The van der Waals surface area contributed by atoms with Gasteiger partial charge in [-0.25, -0.2) is 0 Å². The molecule has 6 heterocycles. The zero-order valence-corrected chi connectivity index (χ0v) is 31.7. The average molecular weight is 763 g/mol. The molecular formula is C37H50N10O6S. The molecule has 3 atom stereocenters. The number of hydrogen-bond donors (Lipinski definition) is 7. The molecule has 1 saturated heterocycles. The van der Waals surface area contributed by atoms with Crippen molar-refractivity contribution in [1.29, 1.82) is 5.41 Å². The van der Waals surface area contributed by atoms with Gasteiger partial charge in [0.1, 0.15) is 17.9 Å². The fourth-order valence-corrected chi connectivity index (χ4v) is 7.22. The van der Waals surface area contributed by atoms with Gasteiger partial charge in [-0.05, 0) is 54.5 Å². The number of nitrogen functional groups attached to an aromatic ring is 1. The smallest absolute Gasteiger partial charge is 0.279 e. The Hall–Kier alpha value is -4.94.